The highest BCUT2D eigenvalue weighted by atomic mass is 32.2. The molecule has 3 aromatic rings. The molecule has 0 spiro atoms. The quantitative estimate of drug-likeness (QED) is 0.183. The second-order valence-corrected chi connectivity index (χ2v) is 10.0. The van der Waals surface area contributed by atoms with Crippen molar-refractivity contribution >= 4 is 44.0 Å². The Balaban J connectivity index is 2.10. The summed E-state index contributed by atoms with van der Waals surface area (Å²) < 4.78 is 30.3. The monoisotopic (exact) mass is 515 g/mol. The van der Waals surface area contributed by atoms with Gasteiger partial charge >= 0.3 is 0 Å². The number of primary amides is 1. The molecule has 0 bridgehead atoms. The van der Waals surface area contributed by atoms with Gasteiger partial charge in [0.25, 0.3) is 15.6 Å². The molecular formula is C23H29N7O5S. The third-order valence-electron chi connectivity index (χ3n) is 5.53. The molecule has 3 rings (SSSR count). The summed E-state index contributed by atoms with van der Waals surface area (Å²) in [5.41, 5.74) is 16.2. The second-order valence-electron chi connectivity index (χ2n) is 8.37. The number of hydrogen-bond acceptors (Lipinski definition) is 7. The minimum absolute atomic E-state index is 0.00821. The summed E-state index contributed by atoms with van der Waals surface area (Å²) in [4.78, 5) is 32.6. The van der Waals surface area contributed by atoms with Gasteiger partial charge in [-0.05, 0) is 43.3 Å². The molecule has 36 heavy (non-hydrogen) atoms. The number of amides is 1. The van der Waals surface area contributed by atoms with E-state index in [-0.39, 0.29) is 16.5 Å². The molecule has 0 radical (unpaired) electrons. The highest BCUT2D eigenvalue weighted by Gasteiger charge is 2.30. The van der Waals surface area contributed by atoms with Crippen LogP contribution in [0.1, 0.15) is 18.7 Å². The molecular weight excluding hydrogens is 486 g/mol. The highest BCUT2D eigenvalue weighted by molar-refractivity contribution is 7.93. The van der Waals surface area contributed by atoms with Crippen LogP contribution in [0.2, 0.25) is 0 Å². The molecule has 7 N–H and O–H groups in total. The summed E-state index contributed by atoms with van der Waals surface area (Å²) in [6.45, 7) is 3.01. The lowest BCUT2D eigenvalue weighted by Crippen LogP contribution is -2.42. The number of hydrogen-bond donors (Lipinski definition) is 4. The fourth-order valence-corrected chi connectivity index (χ4v) is 5.21. The van der Waals surface area contributed by atoms with Gasteiger partial charge in [-0.2, -0.15) is 0 Å². The third kappa shape index (κ3) is 5.20. The number of carbonyl (C=O) groups is 1. The van der Waals surface area contributed by atoms with E-state index in [9.17, 15) is 18.0 Å². The van der Waals surface area contributed by atoms with Crippen LogP contribution in [0.15, 0.2) is 63.4 Å². The number of oxime groups is 1. The molecule has 1 amide bonds. The lowest BCUT2D eigenvalue weighted by Gasteiger charge is -2.24. The molecule has 1 aromatic heterocycles. The average molecular weight is 516 g/mol. The molecule has 2 aromatic carbocycles. The van der Waals surface area contributed by atoms with Crippen LogP contribution >= 0.6 is 0 Å². The Morgan fingerprint density at radius 1 is 1.06 bits per heavy atom. The van der Waals surface area contributed by atoms with E-state index in [0.717, 1.165) is 15.6 Å². The summed E-state index contributed by atoms with van der Waals surface area (Å²) in [5.74, 6) is -1.29. The first-order valence-corrected chi connectivity index (χ1v) is 12.3. The fourth-order valence-electron chi connectivity index (χ4n) is 3.93. The van der Waals surface area contributed by atoms with E-state index >= 15 is 0 Å². The normalized spacial score (nSPS) is 13.0. The molecule has 13 heteroatoms. The number of carbonyl (C=O) groups excluding carboxylic acids is 1. The number of pyridine rings is 1. The maximum Gasteiger partial charge on any atom is 0.275 e. The molecule has 2 atom stereocenters. The summed E-state index contributed by atoms with van der Waals surface area (Å²) in [5, 5.41) is 4.63. The zero-order valence-electron chi connectivity index (χ0n) is 20.3. The largest absolute Gasteiger partial charge is 0.387 e. The Morgan fingerprint density at radius 2 is 1.69 bits per heavy atom. The Morgan fingerprint density at radius 3 is 2.31 bits per heavy atom. The zero-order valence-corrected chi connectivity index (χ0v) is 21.1. The maximum atomic E-state index is 13.4. The number of aromatic nitrogens is 1. The number of anilines is 2. The van der Waals surface area contributed by atoms with Crippen LogP contribution in [0.3, 0.4) is 0 Å². The van der Waals surface area contributed by atoms with Gasteiger partial charge in [0.05, 0.1) is 4.90 Å². The van der Waals surface area contributed by atoms with Gasteiger partial charge in [-0.15, -0.1) is 0 Å². The number of guanidine groups is 1. The molecule has 1 heterocycles. The first-order valence-electron chi connectivity index (χ1n) is 10.8. The SMILES string of the molecule is Cc1ccc(NS(=O)(=O)c2cccc3c(N(C)C)cccc23)c(=O)n1C(C(N)=O)C(C)ON=C(N)N. The number of aryl methyl sites for hydroxylation is 1. The number of nitrogens with zero attached hydrogens (tertiary/aromatic N) is 3. The van der Waals surface area contributed by atoms with Gasteiger partial charge in [-0.1, -0.05) is 24.3 Å². The van der Waals surface area contributed by atoms with Gasteiger partial charge in [0.2, 0.25) is 11.9 Å². The van der Waals surface area contributed by atoms with Gasteiger partial charge in [-0.25, -0.2) is 8.42 Å². The van der Waals surface area contributed by atoms with Crippen LogP contribution in [-0.2, 0) is 19.7 Å². The van der Waals surface area contributed by atoms with E-state index in [1.807, 2.05) is 31.1 Å². The molecule has 0 aliphatic heterocycles. The smallest absolute Gasteiger partial charge is 0.275 e. The molecule has 0 aliphatic rings. The number of rotatable bonds is 9. The third-order valence-corrected chi connectivity index (χ3v) is 6.96. The van der Waals surface area contributed by atoms with Crippen LogP contribution in [0, 0.1) is 6.92 Å². The number of nitrogens with one attached hydrogen (secondary N) is 1. The Kier molecular flexibility index (Phi) is 7.43. The molecule has 2 unspecified atom stereocenters. The van der Waals surface area contributed by atoms with Crippen molar-refractivity contribution in [1.29, 1.82) is 0 Å². The van der Waals surface area contributed by atoms with Crippen molar-refractivity contribution in [2.24, 2.45) is 22.4 Å². The first-order chi connectivity index (χ1) is 16.8. The van der Waals surface area contributed by atoms with Gasteiger partial charge in [0.1, 0.15) is 5.69 Å². The average Bonchev–Trinajstić information content (AvgIpc) is 2.80. The maximum absolute atomic E-state index is 13.4. The number of benzene rings is 2. The first kappa shape index (κ1) is 26.3. The van der Waals surface area contributed by atoms with Crippen LogP contribution < -0.4 is 32.4 Å². The minimum Gasteiger partial charge on any atom is -0.387 e. The van der Waals surface area contributed by atoms with Gasteiger partial charge < -0.3 is 26.9 Å². The topological polar surface area (TPSA) is 188 Å². The Hall–Kier alpha value is -4.26. The molecule has 192 valence electrons. The van der Waals surface area contributed by atoms with Crippen molar-refractivity contribution in [2.75, 3.05) is 23.7 Å². The van der Waals surface area contributed by atoms with Crippen molar-refractivity contribution in [3.63, 3.8) is 0 Å². The molecule has 0 fully saturated rings. The van der Waals surface area contributed by atoms with Crippen LogP contribution in [0.5, 0.6) is 0 Å². The summed E-state index contributed by atoms with van der Waals surface area (Å²) in [6, 6.07) is 11.7. The number of nitrogens with two attached hydrogens (primary N) is 3. The minimum atomic E-state index is -4.21. The summed E-state index contributed by atoms with van der Waals surface area (Å²) in [7, 11) is -0.492. The number of sulfonamides is 1. The van der Waals surface area contributed by atoms with Crippen molar-refractivity contribution in [1.82, 2.24) is 4.57 Å². The van der Waals surface area contributed by atoms with E-state index < -0.39 is 33.6 Å². The van der Waals surface area contributed by atoms with Crippen molar-refractivity contribution in [3.8, 4) is 0 Å². The molecule has 12 nitrogen and oxygen atoms in total. The lowest BCUT2D eigenvalue weighted by atomic mass is 10.1. The van der Waals surface area contributed by atoms with E-state index in [0.29, 0.717) is 11.1 Å². The molecule has 0 aliphatic carbocycles. The van der Waals surface area contributed by atoms with Crippen LogP contribution in [0.4, 0.5) is 11.4 Å². The summed E-state index contributed by atoms with van der Waals surface area (Å²) in [6.07, 6.45) is -1.05. The predicted octanol–water partition coefficient (Wildman–Crippen LogP) is 0.797. The van der Waals surface area contributed by atoms with Crippen molar-refractivity contribution in [3.05, 3.63) is 64.6 Å². The number of fused-ring (bicyclic) bond motifs is 1. The Bertz CT molecular complexity index is 1490. The zero-order chi connectivity index (χ0) is 26.8. The van der Waals surface area contributed by atoms with Gasteiger partial charge in [0.15, 0.2) is 12.1 Å². The lowest BCUT2D eigenvalue weighted by molar-refractivity contribution is -0.125. The molecule has 0 saturated heterocycles. The van der Waals surface area contributed by atoms with Crippen LogP contribution in [0.25, 0.3) is 10.8 Å². The fraction of sp³-hybridized carbons (Fsp3) is 0.261. The standard InChI is InChI=1S/C23H29N7O5S/c1-13-11-12-17(22(32)30(13)20(21(24)31)14(2)35-27-23(25)26)28-36(33,34)19-10-6-7-15-16(19)8-5-9-18(15)29(3)4/h5-12,14,20,28H,1-4H3,(H2,24,31)(H4,25,26,27). The van der Waals surface area contributed by atoms with Crippen LogP contribution in [-0.4, -0.2) is 45.1 Å². The second kappa shape index (κ2) is 10.2. The molecule has 0 saturated carbocycles. The van der Waals surface area contributed by atoms with E-state index in [1.54, 1.807) is 25.1 Å². The highest BCUT2D eigenvalue weighted by Crippen LogP contribution is 2.31. The van der Waals surface area contributed by atoms with Gasteiger partial charge in [-0.3, -0.25) is 18.9 Å². The van der Waals surface area contributed by atoms with Gasteiger partial charge in [0, 0.05) is 36.2 Å². The Labute approximate surface area is 208 Å². The van der Waals surface area contributed by atoms with E-state index in [1.165, 1.54) is 25.1 Å². The van der Waals surface area contributed by atoms with E-state index in [4.69, 9.17) is 22.0 Å². The predicted molar refractivity (Wildman–Crippen MR) is 139 cm³/mol. The van der Waals surface area contributed by atoms with E-state index in [2.05, 4.69) is 9.88 Å². The van der Waals surface area contributed by atoms with Crippen molar-refractivity contribution < 1.29 is 18.0 Å². The van der Waals surface area contributed by atoms with Crippen molar-refractivity contribution in [2.45, 2.75) is 30.9 Å². The summed E-state index contributed by atoms with van der Waals surface area (Å²) >= 11 is 0.